The van der Waals surface area contributed by atoms with Crippen LogP contribution in [0.1, 0.15) is 27.2 Å². The minimum absolute atomic E-state index is 0.524. The highest BCUT2D eigenvalue weighted by atomic mass is 16.5. The zero-order valence-corrected chi connectivity index (χ0v) is 13.1. The predicted octanol–water partition coefficient (Wildman–Crippen LogP) is 2.56. The normalized spacial score (nSPS) is 10.8. The minimum atomic E-state index is 0.524. The summed E-state index contributed by atoms with van der Waals surface area (Å²) in [5, 5.41) is 0. The van der Waals surface area contributed by atoms with E-state index in [2.05, 4.69) is 30.7 Å². The van der Waals surface area contributed by atoms with Crippen LogP contribution in [0.4, 0.5) is 11.5 Å². The summed E-state index contributed by atoms with van der Waals surface area (Å²) in [6, 6.07) is 3.79. The van der Waals surface area contributed by atoms with Gasteiger partial charge in [0.15, 0.2) is 0 Å². The largest absolute Gasteiger partial charge is 0.476 e. The highest BCUT2D eigenvalue weighted by Crippen LogP contribution is 2.23. The number of pyridine rings is 1. The van der Waals surface area contributed by atoms with Crippen LogP contribution in [0.2, 0.25) is 0 Å². The quantitative estimate of drug-likeness (QED) is 0.754. The van der Waals surface area contributed by atoms with Crippen molar-refractivity contribution in [2.45, 2.75) is 27.2 Å². The molecule has 0 saturated heterocycles. The molecule has 1 rings (SSSR count). The Hall–Kier alpha value is -1.49. The summed E-state index contributed by atoms with van der Waals surface area (Å²) in [6.45, 7) is 9.46. The Balaban J connectivity index is 2.88. The fraction of sp³-hybridized carbons (Fsp3) is 0.667. The second kappa shape index (κ2) is 8.64. The van der Waals surface area contributed by atoms with Crippen LogP contribution >= 0.6 is 0 Å². The minimum Gasteiger partial charge on any atom is -0.476 e. The van der Waals surface area contributed by atoms with Crippen LogP contribution in [0.25, 0.3) is 0 Å². The Bertz CT molecular complexity index is 397. The summed E-state index contributed by atoms with van der Waals surface area (Å²) in [6.07, 6.45) is 0.935. The SMILES string of the molecule is CCCOc1nc(N(CCOC)CC(C)C)ccc1N. The van der Waals surface area contributed by atoms with Crippen LogP contribution in [0, 0.1) is 5.92 Å². The highest BCUT2D eigenvalue weighted by Gasteiger charge is 2.12. The smallest absolute Gasteiger partial charge is 0.239 e. The first kappa shape index (κ1) is 16.6. The number of methoxy groups -OCH3 is 1. The molecule has 5 nitrogen and oxygen atoms in total. The molecule has 0 bridgehead atoms. The maximum Gasteiger partial charge on any atom is 0.239 e. The van der Waals surface area contributed by atoms with Crippen LogP contribution < -0.4 is 15.4 Å². The van der Waals surface area contributed by atoms with Crippen molar-refractivity contribution in [3.63, 3.8) is 0 Å². The molecule has 2 N–H and O–H groups in total. The molecule has 0 unspecified atom stereocenters. The number of nitrogens with zero attached hydrogens (tertiary/aromatic N) is 2. The molecule has 0 spiro atoms. The Kier molecular flexibility index (Phi) is 7.15. The maximum atomic E-state index is 5.90. The monoisotopic (exact) mass is 281 g/mol. The second-order valence-corrected chi connectivity index (χ2v) is 5.24. The number of nitrogen functional groups attached to an aromatic ring is 1. The molecule has 1 aromatic rings. The van der Waals surface area contributed by atoms with E-state index in [0.717, 1.165) is 25.3 Å². The van der Waals surface area contributed by atoms with Gasteiger partial charge in [0.1, 0.15) is 5.82 Å². The van der Waals surface area contributed by atoms with Gasteiger partial charge in [0, 0.05) is 20.2 Å². The van der Waals surface area contributed by atoms with Crippen molar-refractivity contribution in [1.29, 1.82) is 0 Å². The lowest BCUT2D eigenvalue weighted by atomic mass is 10.2. The van der Waals surface area contributed by atoms with Crippen LogP contribution in [-0.2, 0) is 4.74 Å². The molecule has 0 aliphatic heterocycles. The summed E-state index contributed by atoms with van der Waals surface area (Å²) < 4.78 is 10.8. The topological polar surface area (TPSA) is 60.6 Å². The van der Waals surface area contributed by atoms with Gasteiger partial charge in [-0.25, -0.2) is 0 Å². The average molecular weight is 281 g/mol. The zero-order chi connectivity index (χ0) is 15.0. The van der Waals surface area contributed by atoms with E-state index in [1.54, 1.807) is 7.11 Å². The molecule has 1 heterocycles. The highest BCUT2D eigenvalue weighted by molar-refractivity contribution is 5.54. The summed E-state index contributed by atoms with van der Waals surface area (Å²) >= 11 is 0. The fourth-order valence-corrected chi connectivity index (χ4v) is 1.87. The van der Waals surface area contributed by atoms with Gasteiger partial charge in [0.25, 0.3) is 0 Å². The van der Waals surface area contributed by atoms with Gasteiger partial charge >= 0.3 is 0 Å². The number of nitrogens with two attached hydrogens (primary N) is 1. The summed E-state index contributed by atoms with van der Waals surface area (Å²) in [4.78, 5) is 6.74. The Labute approximate surface area is 122 Å². The van der Waals surface area contributed by atoms with Gasteiger partial charge in [-0.3, -0.25) is 0 Å². The van der Waals surface area contributed by atoms with Crippen LogP contribution in [-0.4, -0.2) is 38.4 Å². The van der Waals surface area contributed by atoms with Crippen molar-refractivity contribution in [3.05, 3.63) is 12.1 Å². The Morgan fingerprint density at radius 1 is 1.30 bits per heavy atom. The number of hydrogen-bond donors (Lipinski definition) is 1. The van der Waals surface area contributed by atoms with Crippen LogP contribution in [0.5, 0.6) is 5.88 Å². The first-order valence-electron chi connectivity index (χ1n) is 7.21. The standard InChI is InChI=1S/C15H27N3O2/c1-5-9-20-15-13(16)6-7-14(17-15)18(8-10-19-4)11-12(2)3/h6-7,12H,5,8-11,16H2,1-4H3. The molecule has 0 radical (unpaired) electrons. The third kappa shape index (κ3) is 5.25. The van der Waals surface area contributed by atoms with Crippen molar-refractivity contribution < 1.29 is 9.47 Å². The van der Waals surface area contributed by atoms with Crippen molar-refractivity contribution in [1.82, 2.24) is 4.98 Å². The molecule has 0 atom stereocenters. The number of anilines is 2. The molecule has 1 aromatic heterocycles. The first-order chi connectivity index (χ1) is 9.58. The van der Waals surface area contributed by atoms with Gasteiger partial charge in [0.05, 0.1) is 18.9 Å². The number of rotatable bonds is 9. The van der Waals surface area contributed by atoms with Gasteiger partial charge in [-0.2, -0.15) is 4.98 Å². The molecule has 0 aromatic carbocycles. The lowest BCUT2D eigenvalue weighted by molar-refractivity contribution is 0.204. The van der Waals surface area contributed by atoms with Gasteiger partial charge in [-0.05, 0) is 24.5 Å². The van der Waals surface area contributed by atoms with E-state index in [-0.39, 0.29) is 0 Å². The summed E-state index contributed by atoms with van der Waals surface area (Å²) in [5.74, 6) is 1.96. The first-order valence-corrected chi connectivity index (χ1v) is 7.21. The molecule has 0 aliphatic rings. The zero-order valence-electron chi connectivity index (χ0n) is 13.1. The maximum absolute atomic E-state index is 5.90. The van der Waals surface area contributed by atoms with E-state index in [1.165, 1.54) is 0 Å². The van der Waals surface area contributed by atoms with Crippen molar-refractivity contribution in [3.8, 4) is 5.88 Å². The van der Waals surface area contributed by atoms with Crippen molar-refractivity contribution in [2.75, 3.05) is 44.0 Å². The lowest BCUT2D eigenvalue weighted by Crippen LogP contribution is -2.31. The van der Waals surface area contributed by atoms with E-state index in [0.29, 0.717) is 30.7 Å². The lowest BCUT2D eigenvalue weighted by Gasteiger charge is -2.26. The predicted molar refractivity (Wildman–Crippen MR) is 83.4 cm³/mol. The molecular formula is C15H27N3O2. The van der Waals surface area contributed by atoms with Gasteiger partial charge in [0.2, 0.25) is 5.88 Å². The van der Waals surface area contributed by atoms with Gasteiger partial charge in [-0.1, -0.05) is 20.8 Å². The number of hydrogen-bond acceptors (Lipinski definition) is 5. The van der Waals surface area contributed by atoms with E-state index >= 15 is 0 Å². The molecule has 0 saturated carbocycles. The van der Waals surface area contributed by atoms with E-state index < -0.39 is 0 Å². The van der Waals surface area contributed by atoms with E-state index in [9.17, 15) is 0 Å². The summed E-state index contributed by atoms with van der Waals surface area (Å²) in [5.41, 5.74) is 6.48. The van der Waals surface area contributed by atoms with Gasteiger partial charge < -0.3 is 20.1 Å². The van der Waals surface area contributed by atoms with Crippen LogP contribution in [0.3, 0.4) is 0 Å². The molecule has 20 heavy (non-hydrogen) atoms. The third-order valence-electron chi connectivity index (χ3n) is 2.79. The molecule has 114 valence electrons. The van der Waals surface area contributed by atoms with E-state index in [4.69, 9.17) is 15.2 Å². The second-order valence-electron chi connectivity index (χ2n) is 5.24. The third-order valence-corrected chi connectivity index (χ3v) is 2.79. The molecule has 0 amide bonds. The molecule has 5 heteroatoms. The summed E-state index contributed by atoms with van der Waals surface area (Å²) in [7, 11) is 1.71. The van der Waals surface area contributed by atoms with Crippen molar-refractivity contribution >= 4 is 11.5 Å². The van der Waals surface area contributed by atoms with Gasteiger partial charge in [-0.15, -0.1) is 0 Å². The molecule has 0 aliphatic carbocycles. The van der Waals surface area contributed by atoms with Crippen molar-refractivity contribution in [2.24, 2.45) is 5.92 Å². The number of aromatic nitrogens is 1. The van der Waals surface area contributed by atoms with E-state index in [1.807, 2.05) is 12.1 Å². The number of ether oxygens (including phenoxy) is 2. The Morgan fingerprint density at radius 2 is 2.05 bits per heavy atom. The molecular weight excluding hydrogens is 254 g/mol. The van der Waals surface area contributed by atoms with Crippen LogP contribution in [0.15, 0.2) is 12.1 Å². The fourth-order valence-electron chi connectivity index (χ4n) is 1.87. The average Bonchev–Trinajstić information content (AvgIpc) is 2.42. The molecule has 0 fully saturated rings. The Morgan fingerprint density at radius 3 is 2.65 bits per heavy atom.